The molecule has 0 aliphatic carbocycles. The van der Waals surface area contributed by atoms with Gasteiger partial charge in [-0.3, -0.25) is 18.6 Å². The molecule has 2 atom stereocenters. The molecule has 9 nitrogen and oxygen atoms in total. The lowest BCUT2D eigenvalue weighted by Gasteiger charge is -2.19. The van der Waals surface area contributed by atoms with Gasteiger partial charge in [0.1, 0.15) is 6.61 Å². The first kappa shape index (κ1) is 63.0. The van der Waals surface area contributed by atoms with Gasteiger partial charge >= 0.3 is 19.8 Å². The van der Waals surface area contributed by atoms with Crippen molar-refractivity contribution in [2.24, 2.45) is 5.73 Å². The first-order chi connectivity index (χ1) is 31.3. The summed E-state index contributed by atoms with van der Waals surface area (Å²) in [5.41, 5.74) is 5.38. The predicted molar refractivity (Wildman–Crippen MR) is 271 cm³/mol. The molecule has 0 amide bonds. The quantitative estimate of drug-likeness (QED) is 0.0347. The molecule has 2 unspecified atom stereocenters. The van der Waals surface area contributed by atoms with E-state index in [9.17, 15) is 19.0 Å². The average molecular weight is 930 g/mol. The topological polar surface area (TPSA) is 134 Å². The molecule has 0 aromatic rings. The fraction of sp³-hybridized carbons (Fsp3) is 0.963. The number of hydrogen-bond acceptors (Lipinski definition) is 8. The van der Waals surface area contributed by atoms with Gasteiger partial charge in [-0.2, -0.15) is 0 Å². The van der Waals surface area contributed by atoms with Crippen LogP contribution in [0.5, 0.6) is 0 Å². The summed E-state index contributed by atoms with van der Waals surface area (Å²) in [6.07, 6.45) is 55.8. The zero-order valence-corrected chi connectivity index (χ0v) is 43.4. The minimum Gasteiger partial charge on any atom is -0.462 e. The highest BCUT2D eigenvalue weighted by Gasteiger charge is 2.26. The molecule has 0 aromatic carbocycles. The van der Waals surface area contributed by atoms with E-state index in [1.54, 1.807) is 0 Å². The van der Waals surface area contributed by atoms with Crippen LogP contribution in [0.25, 0.3) is 0 Å². The van der Waals surface area contributed by atoms with Gasteiger partial charge in [-0.15, -0.1) is 0 Å². The number of esters is 2. The standard InChI is InChI=1S/C54H108NO8P/c1-3-5-7-9-11-13-15-17-19-21-23-25-26-27-29-31-33-35-37-39-41-43-45-47-54(57)63-52(51-62-64(58,59)61-49-48-55)50-60-53(56)46-44-42-40-38-36-34-32-30-28-24-22-20-18-16-14-12-10-8-6-4-2/h52H,3-51,55H2,1-2H3,(H,58,59). The van der Waals surface area contributed by atoms with Crippen LogP contribution in [0.2, 0.25) is 0 Å². The molecular weight excluding hydrogens is 822 g/mol. The van der Waals surface area contributed by atoms with Gasteiger partial charge in [0.15, 0.2) is 6.10 Å². The zero-order valence-electron chi connectivity index (χ0n) is 42.6. The lowest BCUT2D eigenvalue weighted by Crippen LogP contribution is -2.29. The number of unbranched alkanes of at least 4 members (excludes halogenated alkanes) is 41. The minimum absolute atomic E-state index is 0.0585. The van der Waals surface area contributed by atoms with Crippen LogP contribution in [0.3, 0.4) is 0 Å². The summed E-state index contributed by atoms with van der Waals surface area (Å²) in [5.74, 6) is -0.803. The number of rotatable bonds is 54. The highest BCUT2D eigenvalue weighted by Crippen LogP contribution is 2.43. The van der Waals surface area contributed by atoms with E-state index in [1.165, 1.54) is 238 Å². The minimum atomic E-state index is -4.38. The van der Waals surface area contributed by atoms with Gasteiger partial charge < -0.3 is 20.1 Å². The maximum absolute atomic E-state index is 12.7. The van der Waals surface area contributed by atoms with Gasteiger partial charge in [-0.1, -0.05) is 277 Å². The molecule has 0 saturated carbocycles. The Bertz CT molecular complexity index is 1020. The van der Waals surface area contributed by atoms with E-state index < -0.39 is 26.5 Å². The molecule has 0 aliphatic heterocycles. The highest BCUT2D eigenvalue weighted by molar-refractivity contribution is 7.47. The van der Waals surface area contributed by atoms with Crippen molar-refractivity contribution in [3.63, 3.8) is 0 Å². The molecule has 0 saturated heterocycles. The van der Waals surface area contributed by atoms with Crippen LogP contribution in [0.15, 0.2) is 0 Å². The van der Waals surface area contributed by atoms with Gasteiger partial charge in [0.2, 0.25) is 0 Å². The van der Waals surface area contributed by atoms with Gasteiger partial charge in [0.05, 0.1) is 13.2 Å². The Morgan fingerprint density at radius 1 is 0.406 bits per heavy atom. The van der Waals surface area contributed by atoms with E-state index >= 15 is 0 Å². The van der Waals surface area contributed by atoms with E-state index in [4.69, 9.17) is 24.3 Å². The molecule has 0 rings (SSSR count). The molecule has 3 N–H and O–H groups in total. The first-order valence-electron chi connectivity index (χ1n) is 28.0. The summed E-state index contributed by atoms with van der Waals surface area (Å²) < 4.78 is 33.0. The maximum atomic E-state index is 12.7. The Morgan fingerprint density at radius 2 is 0.672 bits per heavy atom. The molecule has 64 heavy (non-hydrogen) atoms. The highest BCUT2D eigenvalue weighted by atomic mass is 31.2. The van der Waals surface area contributed by atoms with Gasteiger partial charge in [-0.05, 0) is 12.8 Å². The Hall–Kier alpha value is -0.990. The maximum Gasteiger partial charge on any atom is 0.472 e. The summed E-state index contributed by atoms with van der Waals surface area (Å²) in [5, 5.41) is 0. The third-order valence-corrected chi connectivity index (χ3v) is 13.7. The third-order valence-electron chi connectivity index (χ3n) is 12.7. The molecule has 0 aliphatic rings. The summed E-state index contributed by atoms with van der Waals surface area (Å²) in [6.45, 7) is 3.82. The van der Waals surface area contributed by atoms with Crippen LogP contribution in [0, 0.1) is 0 Å². The molecule has 0 heterocycles. The third kappa shape index (κ3) is 50.4. The molecule has 0 radical (unpaired) electrons. The Labute approximate surface area is 397 Å². The molecular formula is C54H108NO8P. The van der Waals surface area contributed by atoms with E-state index in [1.807, 2.05) is 0 Å². The SMILES string of the molecule is CCCCCCCCCCCCCCCCCCCCCCCCCC(=O)OC(COC(=O)CCCCCCCCCCCCCCCCCCCCCC)COP(=O)(O)OCCN. The lowest BCUT2D eigenvalue weighted by molar-refractivity contribution is -0.161. The monoisotopic (exact) mass is 930 g/mol. The second-order valence-corrected chi connectivity index (χ2v) is 20.6. The van der Waals surface area contributed by atoms with E-state index in [0.717, 1.165) is 32.1 Å². The van der Waals surface area contributed by atoms with E-state index in [0.29, 0.717) is 6.42 Å². The Morgan fingerprint density at radius 3 is 0.953 bits per heavy atom. The van der Waals surface area contributed by atoms with Crippen molar-refractivity contribution < 1.29 is 37.6 Å². The number of carbonyl (C=O) groups is 2. The van der Waals surface area contributed by atoms with E-state index in [2.05, 4.69) is 13.8 Å². The zero-order chi connectivity index (χ0) is 46.7. The van der Waals surface area contributed by atoms with Crippen molar-refractivity contribution in [3.8, 4) is 0 Å². The van der Waals surface area contributed by atoms with Crippen LogP contribution >= 0.6 is 7.82 Å². The summed E-state index contributed by atoms with van der Waals surface area (Å²) in [7, 11) is -4.38. The Balaban J connectivity index is 3.93. The molecule has 10 heteroatoms. The van der Waals surface area contributed by atoms with Crippen molar-refractivity contribution in [1.82, 2.24) is 0 Å². The normalized spacial score (nSPS) is 13.0. The first-order valence-corrected chi connectivity index (χ1v) is 29.5. The van der Waals surface area contributed by atoms with Crippen molar-refractivity contribution in [3.05, 3.63) is 0 Å². The number of phosphoric ester groups is 1. The second-order valence-electron chi connectivity index (χ2n) is 19.2. The van der Waals surface area contributed by atoms with Crippen molar-refractivity contribution in [2.75, 3.05) is 26.4 Å². The van der Waals surface area contributed by atoms with Crippen LogP contribution in [0.1, 0.15) is 303 Å². The molecule has 0 fully saturated rings. The van der Waals surface area contributed by atoms with Crippen molar-refractivity contribution in [1.29, 1.82) is 0 Å². The average Bonchev–Trinajstić information content (AvgIpc) is 3.28. The predicted octanol–water partition coefficient (Wildman–Crippen LogP) is 17.1. The summed E-state index contributed by atoms with van der Waals surface area (Å²) in [6, 6.07) is 0. The van der Waals surface area contributed by atoms with Gasteiger partial charge in [-0.25, -0.2) is 4.57 Å². The largest absolute Gasteiger partial charge is 0.472 e. The molecule has 0 aromatic heterocycles. The molecule has 0 bridgehead atoms. The molecule has 0 spiro atoms. The fourth-order valence-electron chi connectivity index (χ4n) is 8.58. The van der Waals surface area contributed by atoms with Gasteiger partial charge in [0.25, 0.3) is 0 Å². The van der Waals surface area contributed by atoms with Crippen LogP contribution < -0.4 is 5.73 Å². The van der Waals surface area contributed by atoms with Crippen molar-refractivity contribution >= 4 is 19.8 Å². The summed E-state index contributed by atoms with van der Waals surface area (Å²) >= 11 is 0. The number of ether oxygens (including phenoxy) is 2. The second kappa shape index (κ2) is 51.4. The number of carbonyl (C=O) groups excluding carboxylic acids is 2. The number of hydrogen-bond donors (Lipinski definition) is 2. The number of nitrogens with two attached hydrogens (primary N) is 1. The van der Waals surface area contributed by atoms with Gasteiger partial charge in [0, 0.05) is 19.4 Å². The fourth-order valence-corrected chi connectivity index (χ4v) is 9.35. The van der Waals surface area contributed by atoms with E-state index in [-0.39, 0.29) is 38.6 Å². The summed E-state index contributed by atoms with van der Waals surface area (Å²) in [4.78, 5) is 35.1. The lowest BCUT2D eigenvalue weighted by atomic mass is 10.0. The van der Waals surface area contributed by atoms with Crippen LogP contribution in [-0.2, 0) is 32.7 Å². The number of phosphoric acid groups is 1. The van der Waals surface area contributed by atoms with Crippen LogP contribution in [-0.4, -0.2) is 49.3 Å². The van der Waals surface area contributed by atoms with Crippen molar-refractivity contribution in [2.45, 2.75) is 309 Å². The molecule has 382 valence electrons. The van der Waals surface area contributed by atoms with Crippen LogP contribution in [0.4, 0.5) is 0 Å². The smallest absolute Gasteiger partial charge is 0.462 e. The Kier molecular flexibility index (Phi) is 50.6.